The van der Waals surface area contributed by atoms with Crippen molar-refractivity contribution in [1.82, 2.24) is 56.3 Å². The minimum absolute atomic E-state index is 0.00798. The normalized spacial score (nSPS) is 28.3. The fraction of sp³-hybridized carbons (Fsp3) is 0.510. The van der Waals surface area contributed by atoms with E-state index in [4.69, 9.17) is 11.6 Å². The third-order valence-electron chi connectivity index (χ3n) is 15.0. The maximum Gasteiger partial charge on any atom is 0.322 e. The van der Waals surface area contributed by atoms with Crippen LogP contribution >= 0.6 is 11.6 Å². The summed E-state index contributed by atoms with van der Waals surface area (Å²) in [5.41, 5.74) is 3.64. The number of halogens is 1. The topological polar surface area (TPSA) is 193 Å². The fourth-order valence-corrected chi connectivity index (χ4v) is 11.0. The van der Waals surface area contributed by atoms with Gasteiger partial charge in [0.25, 0.3) is 0 Å². The van der Waals surface area contributed by atoms with Gasteiger partial charge in [-0.15, -0.1) is 0 Å². The van der Waals surface area contributed by atoms with Crippen molar-refractivity contribution >= 4 is 46.9 Å². The van der Waals surface area contributed by atoms with E-state index in [1.54, 1.807) is 34.6 Å². The number of piperazine rings is 1. The molecule has 2 saturated carbocycles. The lowest BCUT2D eigenvalue weighted by Gasteiger charge is -2.48. The summed E-state index contributed by atoms with van der Waals surface area (Å²) in [6, 6.07) is 21.2. The summed E-state index contributed by atoms with van der Waals surface area (Å²) >= 11 is 5.77. The van der Waals surface area contributed by atoms with Crippen LogP contribution in [-0.2, 0) is 20.7 Å². The summed E-state index contributed by atoms with van der Waals surface area (Å²) in [6.07, 6.45) is 15.6. The van der Waals surface area contributed by atoms with Gasteiger partial charge in [-0.2, -0.15) is 0 Å². The molecule has 6 heterocycles. The lowest BCUT2D eigenvalue weighted by molar-refractivity contribution is -0.123. The zero-order valence-electron chi connectivity index (χ0n) is 39.1. The molecular weight excluding hydrogens is 870 g/mol. The third kappa shape index (κ3) is 10.4. The van der Waals surface area contributed by atoms with E-state index >= 15 is 0 Å². The summed E-state index contributed by atoms with van der Waals surface area (Å²) in [7, 11) is 8.60. The maximum atomic E-state index is 12.9. The number of urea groups is 2. The van der Waals surface area contributed by atoms with Gasteiger partial charge < -0.3 is 26.6 Å². The number of amides is 6. The number of hydrogen-bond acceptors (Lipinski definition) is 11. The summed E-state index contributed by atoms with van der Waals surface area (Å²) in [6.45, 7) is 4.08. The Hall–Kier alpha value is -5.75. The molecule has 2 aliphatic carbocycles. The molecule has 2 spiro atoms. The Morgan fingerprint density at radius 2 is 1.03 bits per heavy atom. The molecule has 67 heavy (non-hydrogen) atoms. The standard InChI is InChI=1S/C25H32N6O2.C20H24ClN5O.C4H8N2O/c1-30(2)25(19-6-4-3-5-7-19)11-9-24(10-12-25)17-31(23(33)29-24)20-15-27-22(28-16-20)18-8-13-26-21(32)14-18;1-25(2)20(15-6-4-3-5-7-15)10-8-19(9-11-20)14-26(18(27)24-19)16-12-22-17(21)23-13-16;7-4-3-5-1-2-6-4/h3-7,15-16,18H,8-14,17H2,1-2H3,(H,26,32)(H,29,33);3-7,12-13H,8-11,14H2,1-2H3,(H,24,27);5H,1-3H2,(H,6,7). The molecule has 0 bridgehead atoms. The SMILES string of the molecule is CN(C)C1(c2ccccc2)CCC2(CC1)CN(c1cnc(C3CCNC(=O)C3)nc1)C(=O)N2.CN(C)C1(c2ccccc2)CCC2(CC1)CN(c1cnc(Cl)nc1)C(=O)N2.O=C1CNCCN1. The first-order valence-corrected chi connectivity index (χ1v) is 23.8. The number of piperidine rings is 1. The first kappa shape index (κ1) is 47.7. The van der Waals surface area contributed by atoms with Gasteiger partial charge in [-0.3, -0.25) is 29.2 Å². The Bertz CT molecular complexity index is 2330. The molecule has 10 rings (SSSR count). The Kier molecular flexibility index (Phi) is 14.4. The van der Waals surface area contributed by atoms with E-state index in [0.717, 1.165) is 70.9 Å². The van der Waals surface area contributed by atoms with Crippen LogP contribution in [0.25, 0.3) is 0 Å². The van der Waals surface area contributed by atoms with Crippen molar-refractivity contribution in [3.63, 3.8) is 0 Å². The predicted molar refractivity (Wildman–Crippen MR) is 258 cm³/mol. The number of benzene rings is 2. The molecule has 2 aromatic carbocycles. The quantitative estimate of drug-likeness (QED) is 0.158. The molecule has 2 aromatic heterocycles. The van der Waals surface area contributed by atoms with E-state index in [9.17, 15) is 19.2 Å². The van der Waals surface area contributed by atoms with Crippen molar-refractivity contribution in [2.24, 2.45) is 0 Å². The number of hydrogen-bond donors (Lipinski definition) is 5. The van der Waals surface area contributed by atoms with Crippen LogP contribution in [0.1, 0.15) is 87.1 Å². The number of nitrogens with one attached hydrogen (secondary N) is 5. The number of aromatic nitrogens is 4. The van der Waals surface area contributed by atoms with E-state index in [1.807, 2.05) is 0 Å². The average molecular weight is 935 g/mol. The molecule has 1 atom stereocenters. The largest absolute Gasteiger partial charge is 0.356 e. The monoisotopic (exact) mass is 933 g/mol. The van der Waals surface area contributed by atoms with Crippen molar-refractivity contribution in [1.29, 1.82) is 0 Å². The summed E-state index contributed by atoms with van der Waals surface area (Å²) in [5, 5.41) is 15.2. The van der Waals surface area contributed by atoms with Gasteiger partial charge in [-0.25, -0.2) is 29.5 Å². The number of rotatable bonds is 7. The number of anilines is 2. The average Bonchev–Trinajstić information content (AvgIpc) is 3.85. The highest BCUT2D eigenvalue weighted by atomic mass is 35.5. The van der Waals surface area contributed by atoms with Gasteiger partial charge in [-0.05, 0) is 109 Å². The van der Waals surface area contributed by atoms with Crippen molar-refractivity contribution in [2.45, 2.75) is 92.3 Å². The zero-order chi connectivity index (χ0) is 47.2. The van der Waals surface area contributed by atoms with Crippen LogP contribution in [0.15, 0.2) is 85.5 Å². The molecule has 6 fully saturated rings. The Labute approximate surface area is 398 Å². The lowest BCUT2D eigenvalue weighted by atomic mass is 9.69. The smallest absolute Gasteiger partial charge is 0.322 e. The van der Waals surface area contributed by atoms with Gasteiger partial charge in [-0.1, -0.05) is 60.7 Å². The van der Waals surface area contributed by atoms with Gasteiger partial charge in [0.2, 0.25) is 17.1 Å². The molecule has 18 heteroatoms. The van der Waals surface area contributed by atoms with E-state index in [0.29, 0.717) is 49.8 Å². The lowest BCUT2D eigenvalue weighted by Crippen LogP contribution is -2.54. The second-order valence-electron chi connectivity index (χ2n) is 19.3. The van der Waals surface area contributed by atoms with Gasteiger partial charge in [0.1, 0.15) is 5.82 Å². The molecule has 4 saturated heterocycles. The molecule has 6 amide bonds. The highest BCUT2D eigenvalue weighted by Gasteiger charge is 2.52. The van der Waals surface area contributed by atoms with Crippen LogP contribution in [0.5, 0.6) is 0 Å². The van der Waals surface area contributed by atoms with Crippen molar-refractivity contribution < 1.29 is 19.2 Å². The van der Waals surface area contributed by atoms with Crippen LogP contribution < -0.4 is 36.4 Å². The van der Waals surface area contributed by atoms with E-state index < -0.39 is 0 Å². The van der Waals surface area contributed by atoms with Gasteiger partial charge in [0.15, 0.2) is 0 Å². The van der Waals surface area contributed by atoms with E-state index in [-0.39, 0.29) is 57.2 Å². The Morgan fingerprint density at radius 3 is 1.42 bits per heavy atom. The summed E-state index contributed by atoms with van der Waals surface area (Å²) in [5.74, 6) is 0.869. The number of nitrogens with zero attached hydrogens (tertiary/aromatic N) is 8. The van der Waals surface area contributed by atoms with Crippen LogP contribution in [0.3, 0.4) is 0 Å². The first-order valence-electron chi connectivity index (χ1n) is 23.4. The van der Waals surface area contributed by atoms with Crippen LogP contribution in [0, 0.1) is 0 Å². The molecular formula is C49H64ClN13O4. The molecule has 4 aromatic rings. The molecule has 5 N–H and O–H groups in total. The molecule has 17 nitrogen and oxygen atoms in total. The molecule has 356 valence electrons. The summed E-state index contributed by atoms with van der Waals surface area (Å²) < 4.78 is 0. The minimum Gasteiger partial charge on any atom is -0.356 e. The van der Waals surface area contributed by atoms with Crippen LogP contribution in [-0.4, -0.2) is 132 Å². The van der Waals surface area contributed by atoms with E-state index in [1.165, 1.54) is 11.1 Å². The maximum absolute atomic E-state index is 12.9. The number of carbonyl (C=O) groups excluding carboxylic acids is 4. The van der Waals surface area contributed by atoms with Crippen molar-refractivity contribution in [2.75, 3.05) is 77.3 Å². The highest BCUT2D eigenvalue weighted by molar-refractivity contribution is 6.28. The Morgan fingerprint density at radius 1 is 0.582 bits per heavy atom. The zero-order valence-corrected chi connectivity index (χ0v) is 39.8. The van der Waals surface area contributed by atoms with Crippen LogP contribution in [0.2, 0.25) is 5.28 Å². The molecule has 4 aliphatic heterocycles. The second-order valence-corrected chi connectivity index (χ2v) is 19.6. The van der Waals surface area contributed by atoms with E-state index in [2.05, 4.69) is 145 Å². The highest BCUT2D eigenvalue weighted by Crippen LogP contribution is 2.48. The fourth-order valence-electron chi connectivity index (χ4n) is 10.9. The molecule has 6 aliphatic rings. The summed E-state index contributed by atoms with van der Waals surface area (Å²) in [4.78, 5) is 72.7. The molecule has 0 radical (unpaired) electrons. The first-order chi connectivity index (χ1) is 32.2. The Balaban J connectivity index is 0.000000161. The van der Waals surface area contributed by atoms with Gasteiger partial charge in [0, 0.05) is 43.1 Å². The third-order valence-corrected chi connectivity index (χ3v) is 15.2. The van der Waals surface area contributed by atoms with Gasteiger partial charge in [0.05, 0.1) is 66.9 Å². The molecule has 1 unspecified atom stereocenters. The van der Waals surface area contributed by atoms with Crippen molar-refractivity contribution in [3.8, 4) is 0 Å². The second kappa shape index (κ2) is 20.2. The number of carbonyl (C=O) groups is 4. The van der Waals surface area contributed by atoms with Crippen molar-refractivity contribution in [3.05, 3.63) is 108 Å². The van der Waals surface area contributed by atoms with Gasteiger partial charge >= 0.3 is 12.1 Å². The minimum atomic E-state index is -0.231. The van der Waals surface area contributed by atoms with Crippen LogP contribution in [0.4, 0.5) is 21.0 Å². The predicted octanol–water partition coefficient (Wildman–Crippen LogP) is 4.91.